The largest absolute Gasteiger partial charge is 0.469 e. The summed E-state index contributed by atoms with van der Waals surface area (Å²) < 4.78 is 4.59. The summed E-state index contributed by atoms with van der Waals surface area (Å²) in [5, 5.41) is 3.75. The molecule has 1 aromatic heterocycles. The van der Waals surface area contributed by atoms with Crippen LogP contribution in [0.5, 0.6) is 0 Å². The number of benzene rings is 1. The van der Waals surface area contributed by atoms with Crippen LogP contribution in [0.2, 0.25) is 0 Å². The van der Waals surface area contributed by atoms with Gasteiger partial charge >= 0.3 is 5.97 Å². The maximum atomic E-state index is 12.5. The first kappa shape index (κ1) is 15.5. The van der Waals surface area contributed by atoms with E-state index in [4.69, 9.17) is 0 Å². The maximum Gasteiger partial charge on any atom is 0.305 e. The van der Waals surface area contributed by atoms with Gasteiger partial charge in [-0.2, -0.15) is 0 Å². The molecular formula is C18H20N2O3. The van der Waals surface area contributed by atoms with Gasteiger partial charge in [-0.05, 0) is 31.4 Å². The highest BCUT2D eigenvalue weighted by molar-refractivity contribution is 6.06. The number of methoxy groups -OCH3 is 1. The quantitative estimate of drug-likeness (QED) is 0.658. The fourth-order valence-electron chi connectivity index (χ4n) is 2.60. The minimum absolute atomic E-state index is 0.115. The number of hydrogen-bond donors (Lipinski definition) is 1. The molecule has 5 nitrogen and oxygen atoms in total. The lowest BCUT2D eigenvalue weighted by Gasteiger charge is -2.10. The molecule has 0 saturated heterocycles. The first-order chi connectivity index (χ1) is 11.2. The van der Waals surface area contributed by atoms with E-state index in [1.54, 1.807) is 0 Å². The molecule has 120 valence electrons. The van der Waals surface area contributed by atoms with Crippen molar-refractivity contribution < 1.29 is 14.3 Å². The zero-order valence-electron chi connectivity index (χ0n) is 13.2. The SMILES string of the molecule is COC(=O)CCCNC(=O)c1cc(C2CC2)nc2ccccc12. The third-order valence-electron chi connectivity index (χ3n) is 4.05. The number of nitrogens with zero attached hydrogens (tertiary/aromatic N) is 1. The van der Waals surface area contributed by atoms with E-state index in [1.165, 1.54) is 7.11 Å². The number of carbonyl (C=O) groups is 2. The Kier molecular flexibility index (Phi) is 4.55. The number of rotatable bonds is 6. The minimum atomic E-state index is -0.260. The van der Waals surface area contributed by atoms with Gasteiger partial charge in [0.25, 0.3) is 5.91 Å². The van der Waals surface area contributed by atoms with Gasteiger partial charge in [0.05, 0.1) is 18.2 Å². The number of hydrogen-bond acceptors (Lipinski definition) is 4. The number of para-hydroxylation sites is 1. The molecule has 1 fully saturated rings. The van der Waals surface area contributed by atoms with Crippen LogP contribution in [0.15, 0.2) is 30.3 Å². The maximum absolute atomic E-state index is 12.5. The first-order valence-corrected chi connectivity index (χ1v) is 7.93. The number of carbonyl (C=O) groups excluding carboxylic acids is 2. The molecular weight excluding hydrogens is 292 g/mol. The Hall–Kier alpha value is -2.43. The van der Waals surface area contributed by atoms with Crippen LogP contribution >= 0.6 is 0 Å². The van der Waals surface area contributed by atoms with Gasteiger partial charge in [0.1, 0.15) is 0 Å². The van der Waals surface area contributed by atoms with Crippen LogP contribution in [0.3, 0.4) is 0 Å². The summed E-state index contributed by atoms with van der Waals surface area (Å²) in [5.41, 5.74) is 2.52. The summed E-state index contributed by atoms with van der Waals surface area (Å²) >= 11 is 0. The van der Waals surface area contributed by atoms with Crippen LogP contribution in [0.1, 0.15) is 47.7 Å². The monoisotopic (exact) mass is 312 g/mol. The van der Waals surface area contributed by atoms with E-state index in [1.807, 2.05) is 30.3 Å². The lowest BCUT2D eigenvalue weighted by molar-refractivity contribution is -0.140. The molecule has 0 aliphatic heterocycles. The molecule has 1 aliphatic rings. The van der Waals surface area contributed by atoms with Crippen molar-refractivity contribution in [1.82, 2.24) is 10.3 Å². The van der Waals surface area contributed by atoms with Crippen molar-refractivity contribution in [3.8, 4) is 0 Å². The van der Waals surface area contributed by atoms with E-state index in [0.717, 1.165) is 29.4 Å². The highest BCUT2D eigenvalue weighted by atomic mass is 16.5. The van der Waals surface area contributed by atoms with E-state index >= 15 is 0 Å². The predicted molar refractivity (Wildman–Crippen MR) is 87.3 cm³/mol. The van der Waals surface area contributed by atoms with Gasteiger partial charge in [-0.3, -0.25) is 14.6 Å². The Bertz CT molecular complexity index is 738. The summed E-state index contributed by atoms with van der Waals surface area (Å²) in [6.07, 6.45) is 3.16. The number of pyridine rings is 1. The fraction of sp³-hybridized carbons (Fsp3) is 0.389. The molecule has 0 bridgehead atoms. The van der Waals surface area contributed by atoms with Crippen LogP contribution in [0.25, 0.3) is 10.9 Å². The molecule has 1 aromatic carbocycles. The Morgan fingerprint density at radius 3 is 2.83 bits per heavy atom. The van der Waals surface area contributed by atoms with Gasteiger partial charge < -0.3 is 10.1 Å². The standard InChI is InChI=1S/C18H20N2O3/c1-23-17(21)7-4-10-19-18(22)14-11-16(12-8-9-12)20-15-6-3-2-5-13(14)15/h2-3,5-6,11-12H,4,7-10H2,1H3,(H,19,22). The number of amides is 1. The first-order valence-electron chi connectivity index (χ1n) is 7.93. The number of aromatic nitrogens is 1. The Balaban J connectivity index is 1.75. The predicted octanol–water partition coefficient (Wildman–Crippen LogP) is 2.80. The molecule has 1 N–H and O–H groups in total. The average Bonchev–Trinajstić information content (AvgIpc) is 3.42. The lowest BCUT2D eigenvalue weighted by atomic mass is 10.1. The van der Waals surface area contributed by atoms with Crippen molar-refractivity contribution in [3.05, 3.63) is 41.6 Å². The highest BCUT2D eigenvalue weighted by Gasteiger charge is 2.26. The molecule has 1 saturated carbocycles. The van der Waals surface area contributed by atoms with Gasteiger partial charge in [0.2, 0.25) is 0 Å². The van der Waals surface area contributed by atoms with Crippen LogP contribution in [-0.2, 0) is 9.53 Å². The molecule has 0 spiro atoms. The summed E-state index contributed by atoms with van der Waals surface area (Å²) in [6.45, 7) is 0.448. The van der Waals surface area contributed by atoms with Crippen molar-refractivity contribution in [2.24, 2.45) is 0 Å². The molecule has 23 heavy (non-hydrogen) atoms. The highest BCUT2D eigenvalue weighted by Crippen LogP contribution is 2.40. The molecule has 0 radical (unpaired) electrons. The Labute approximate surface area is 135 Å². The van der Waals surface area contributed by atoms with Gasteiger partial charge in [0, 0.05) is 30.0 Å². The van der Waals surface area contributed by atoms with Crippen LogP contribution in [0.4, 0.5) is 0 Å². The molecule has 5 heteroatoms. The number of fused-ring (bicyclic) bond motifs is 1. The van der Waals surface area contributed by atoms with Gasteiger partial charge in [0.15, 0.2) is 0 Å². The van der Waals surface area contributed by atoms with E-state index in [9.17, 15) is 9.59 Å². The normalized spacial score (nSPS) is 13.8. The number of esters is 1. The van der Waals surface area contributed by atoms with E-state index in [2.05, 4.69) is 15.0 Å². The van der Waals surface area contributed by atoms with Crippen LogP contribution in [-0.4, -0.2) is 30.5 Å². The summed E-state index contributed by atoms with van der Waals surface area (Å²) in [5.74, 6) is 0.116. The minimum Gasteiger partial charge on any atom is -0.469 e. The van der Waals surface area contributed by atoms with Crippen LogP contribution in [0, 0.1) is 0 Å². The van der Waals surface area contributed by atoms with E-state index in [-0.39, 0.29) is 11.9 Å². The molecule has 1 amide bonds. The van der Waals surface area contributed by atoms with Crippen molar-refractivity contribution in [2.45, 2.75) is 31.6 Å². The summed E-state index contributed by atoms with van der Waals surface area (Å²) in [6, 6.07) is 9.62. The lowest BCUT2D eigenvalue weighted by Crippen LogP contribution is -2.25. The van der Waals surface area contributed by atoms with Crippen LogP contribution < -0.4 is 5.32 Å². The van der Waals surface area contributed by atoms with Crippen molar-refractivity contribution in [2.75, 3.05) is 13.7 Å². The molecule has 1 heterocycles. The molecule has 0 atom stereocenters. The number of nitrogens with one attached hydrogen (secondary N) is 1. The van der Waals surface area contributed by atoms with Crippen molar-refractivity contribution in [1.29, 1.82) is 0 Å². The third-order valence-corrected chi connectivity index (χ3v) is 4.05. The smallest absolute Gasteiger partial charge is 0.305 e. The molecule has 1 aliphatic carbocycles. The van der Waals surface area contributed by atoms with E-state index in [0.29, 0.717) is 30.9 Å². The molecule has 0 unspecified atom stereocenters. The summed E-state index contributed by atoms with van der Waals surface area (Å²) in [7, 11) is 1.36. The Morgan fingerprint density at radius 1 is 1.30 bits per heavy atom. The average molecular weight is 312 g/mol. The van der Waals surface area contributed by atoms with Gasteiger partial charge in [-0.15, -0.1) is 0 Å². The molecule has 3 rings (SSSR count). The van der Waals surface area contributed by atoms with Gasteiger partial charge in [-0.1, -0.05) is 18.2 Å². The zero-order valence-corrected chi connectivity index (χ0v) is 13.2. The second kappa shape index (κ2) is 6.77. The second-order valence-electron chi connectivity index (χ2n) is 5.82. The summed E-state index contributed by atoms with van der Waals surface area (Å²) in [4.78, 5) is 28.3. The van der Waals surface area contributed by atoms with Crippen molar-refractivity contribution in [3.63, 3.8) is 0 Å². The van der Waals surface area contributed by atoms with Crippen molar-refractivity contribution >= 4 is 22.8 Å². The second-order valence-corrected chi connectivity index (χ2v) is 5.82. The topological polar surface area (TPSA) is 68.3 Å². The third kappa shape index (κ3) is 3.67. The van der Waals surface area contributed by atoms with E-state index < -0.39 is 0 Å². The molecule has 2 aromatic rings. The van der Waals surface area contributed by atoms with Gasteiger partial charge in [-0.25, -0.2) is 0 Å². The fourth-order valence-corrected chi connectivity index (χ4v) is 2.60. The Morgan fingerprint density at radius 2 is 2.09 bits per heavy atom. The zero-order chi connectivity index (χ0) is 16.2. The number of ether oxygens (including phenoxy) is 1.